The lowest BCUT2D eigenvalue weighted by Crippen LogP contribution is -2.23. The number of hydrogen-bond donors (Lipinski definition) is 5. The number of aromatic amines is 1. The maximum atomic E-state index is 13.4. The highest BCUT2D eigenvalue weighted by Crippen LogP contribution is 2.16. The number of benzene rings is 1. The first-order valence-corrected chi connectivity index (χ1v) is 5.55. The average Bonchev–Trinajstić information content (AvgIpc) is 2.89. The number of aromatic nitrogens is 2. The second kappa shape index (κ2) is 5.86. The SMILES string of the molecule is NC(=NO)c1cn[nH]c1NC(=O)Nc1ccc(F)cc1F. The first kappa shape index (κ1) is 14.2. The molecule has 0 spiro atoms. The van der Waals surface area contributed by atoms with Gasteiger partial charge in [0.15, 0.2) is 5.84 Å². The molecule has 0 saturated carbocycles. The molecule has 0 bridgehead atoms. The third-order valence-corrected chi connectivity index (χ3v) is 2.44. The number of urea groups is 1. The summed E-state index contributed by atoms with van der Waals surface area (Å²) in [4.78, 5) is 11.7. The second-order valence-electron chi connectivity index (χ2n) is 3.85. The number of H-pyrrole nitrogens is 1. The lowest BCUT2D eigenvalue weighted by molar-refractivity contribution is 0.262. The van der Waals surface area contributed by atoms with E-state index in [1.54, 1.807) is 0 Å². The first-order valence-electron chi connectivity index (χ1n) is 5.55. The maximum absolute atomic E-state index is 13.4. The largest absolute Gasteiger partial charge is 0.409 e. The van der Waals surface area contributed by atoms with Crippen molar-refractivity contribution in [1.82, 2.24) is 10.2 Å². The van der Waals surface area contributed by atoms with Crippen molar-refractivity contribution in [1.29, 1.82) is 0 Å². The molecule has 1 aromatic carbocycles. The van der Waals surface area contributed by atoms with Crippen molar-refractivity contribution >= 4 is 23.4 Å². The Morgan fingerprint density at radius 3 is 2.81 bits per heavy atom. The van der Waals surface area contributed by atoms with Crippen molar-refractivity contribution in [3.8, 4) is 0 Å². The van der Waals surface area contributed by atoms with Gasteiger partial charge in [-0.05, 0) is 12.1 Å². The number of rotatable bonds is 3. The van der Waals surface area contributed by atoms with Crippen LogP contribution in [0.15, 0.2) is 29.6 Å². The molecule has 1 heterocycles. The standard InChI is InChI=1S/C11H10F2N6O2/c12-5-1-2-8(7(13)3-5)16-11(20)17-10-6(4-15-18-10)9(14)19-21/h1-4,21H,(H2,14,19)(H3,15,16,17,18,20). The monoisotopic (exact) mass is 296 g/mol. The normalized spacial score (nSPS) is 11.2. The molecular weight excluding hydrogens is 286 g/mol. The van der Waals surface area contributed by atoms with Crippen molar-refractivity contribution in [3.63, 3.8) is 0 Å². The summed E-state index contributed by atoms with van der Waals surface area (Å²) in [6.45, 7) is 0. The Kier molecular flexibility index (Phi) is 3.97. The second-order valence-corrected chi connectivity index (χ2v) is 3.85. The highest BCUT2D eigenvalue weighted by molar-refractivity contribution is 6.06. The lowest BCUT2D eigenvalue weighted by Gasteiger charge is -2.08. The van der Waals surface area contributed by atoms with E-state index in [0.29, 0.717) is 6.07 Å². The molecule has 8 nitrogen and oxygen atoms in total. The Balaban J connectivity index is 2.11. The zero-order valence-electron chi connectivity index (χ0n) is 10.4. The van der Waals surface area contributed by atoms with Gasteiger partial charge in [-0.1, -0.05) is 5.16 Å². The van der Waals surface area contributed by atoms with Crippen LogP contribution < -0.4 is 16.4 Å². The Morgan fingerprint density at radius 1 is 1.38 bits per heavy atom. The Labute approximate surface area is 116 Å². The van der Waals surface area contributed by atoms with Crippen molar-refractivity contribution in [3.05, 3.63) is 41.6 Å². The van der Waals surface area contributed by atoms with Crippen LogP contribution in [0, 0.1) is 11.6 Å². The Morgan fingerprint density at radius 2 is 2.14 bits per heavy atom. The van der Waals surface area contributed by atoms with E-state index in [1.807, 2.05) is 0 Å². The van der Waals surface area contributed by atoms with Crippen molar-refractivity contribution in [2.24, 2.45) is 10.9 Å². The summed E-state index contributed by atoms with van der Waals surface area (Å²) in [5, 5.41) is 21.8. The highest BCUT2D eigenvalue weighted by atomic mass is 19.1. The van der Waals surface area contributed by atoms with Crippen LogP contribution in [0.25, 0.3) is 0 Å². The lowest BCUT2D eigenvalue weighted by atomic mass is 10.3. The minimum atomic E-state index is -0.925. The van der Waals surface area contributed by atoms with Crippen molar-refractivity contribution < 1.29 is 18.8 Å². The van der Waals surface area contributed by atoms with Gasteiger partial charge in [0.1, 0.15) is 17.5 Å². The molecule has 2 rings (SSSR count). The average molecular weight is 296 g/mol. The number of nitrogens with one attached hydrogen (secondary N) is 3. The molecule has 0 atom stereocenters. The first-order chi connectivity index (χ1) is 10.0. The molecule has 10 heteroatoms. The van der Waals surface area contributed by atoms with Gasteiger partial charge in [0, 0.05) is 6.07 Å². The van der Waals surface area contributed by atoms with Crippen LogP contribution in [0.2, 0.25) is 0 Å². The molecule has 6 N–H and O–H groups in total. The van der Waals surface area contributed by atoms with Crippen LogP contribution in [-0.4, -0.2) is 27.3 Å². The summed E-state index contributed by atoms with van der Waals surface area (Å²) in [5.41, 5.74) is 5.31. The molecule has 1 aromatic heterocycles. The smallest absolute Gasteiger partial charge is 0.324 e. The van der Waals surface area contributed by atoms with Gasteiger partial charge in [-0.25, -0.2) is 13.6 Å². The highest BCUT2D eigenvalue weighted by Gasteiger charge is 2.13. The van der Waals surface area contributed by atoms with E-state index in [0.717, 1.165) is 12.1 Å². The molecule has 0 aliphatic heterocycles. The summed E-state index contributed by atoms with van der Waals surface area (Å²) in [6.07, 6.45) is 1.23. The van der Waals surface area contributed by atoms with E-state index >= 15 is 0 Å². The molecular formula is C11H10F2N6O2. The summed E-state index contributed by atoms with van der Waals surface area (Å²) >= 11 is 0. The molecule has 110 valence electrons. The van der Waals surface area contributed by atoms with E-state index in [1.165, 1.54) is 6.20 Å². The predicted octanol–water partition coefficient (Wildman–Crippen LogP) is 1.43. The summed E-state index contributed by atoms with van der Waals surface area (Å²) in [5.74, 6) is -1.91. The minimum absolute atomic E-state index is 0.0466. The number of anilines is 2. The number of nitrogens with zero attached hydrogens (tertiary/aromatic N) is 2. The van der Waals surface area contributed by atoms with Gasteiger partial charge in [0.2, 0.25) is 0 Å². The molecule has 21 heavy (non-hydrogen) atoms. The zero-order chi connectivity index (χ0) is 15.4. The van der Waals surface area contributed by atoms with E-state index in [2.05, 4.69) is 26.0 Å². The van der Waals surface area contributed by atoms with E-state index < -0.39 is 17.7 Å². The van der Waals surface area contributed by atoms with Gasteiger partial charge in [-0.3, -0.25) is 10.4 Å². The fourth-order valence-electron chi connectivity index (χ4n) is 1.49. The van der Waals surface area contributed by atoms with Crippen LogP contribution in [0.5, 0.6) is 0 Å². The number of halogens is 2. The van der Waals surface area contributed by atoms with Gasteiger partial charge in [0.05, 0.1) is 17.4 Å². The number of carbonyl (C=O) groups is 1. The number of oxime groups is 1. The number of hydrogen-bond acceptors (Lipinski definition) is 4. The Hall–Kier alpha value is -3.17. The molecule has 0 aliphatic rings. The Bertz CT molecular complexity index is 700. The van der Waals surface area contributed by atoms with E-state index in [9.17, 15) is 13.6 Å². The van der Waals surface area contributed by atoms with Gasteiger partial charge in [-0.2, -0.15) is 5.10 Å². The number of amidine groups is 1. The quantitative estimate of drug-likeness (QED) is 0.254. The maximum Gasteiger partial charge on any atom is 0.324 e. The topological polar surface area (TPSA) is 128 Å². The predicted molar refractivity (Wildman–Crippen MR) is 70.1 cm³/mol. The third-order valence-electron chi connectivity index (χ3n) is 2.44. The third kappa shape index (κ3) is 3.23. The van der Waals surface area contributed by atoms with E-state index in [-0.39, 0.29) is 22.9 Å². The number of nitrogens with two attached hydrogens (primary N) is 1. The molecule has 0 radical (unpaired) electrons. The van der Waals surface area contributed by atoms with Crippen LogP contribution in [0.4, 0.5) is 25.1 Å². The van der Waals surface area contributed by atoms with Gasteiger partial charge in [-0.15, -0.1) is 0 Å². The summed E-state index contributed by atoms with van der Waals surface area (Å²) < 4.78 is 26.1. The van der Waals surface area contributed by atoms with Gasteiger partial charge < -0.3 is 16.3 Å². The molecule has 0 saturated heterocycles. The van der Waals surface area contributed by atoms with Gasteiger partial charge >= 0.3 is 6.03 Å². The minimum Gasteiger partial charge on any atom is -0.409 e. The fraction of sp³-hybridized carbons (Fsp3) is 0. The van der Waals surface area contributed by atoms with Crippen LogP contribution in [0.1, 0.15) is 5.56 Å². The van der Waals surface area contributed by atoms with Crippen LogP contribution >= 0.6 is 0 Å². The molecule has 2 amide bonds. The molecule has 0 unspecified atom stereocenters. The van der Waals surface area contributed by atoms with Gasteiger partial charge in [0.25, 0.3) is 0 Å². The van der Waals surface area contributed by atoms with Crippen molar-refractivity contribution in [2.75, 3.05) is 10.6 Å². The molecule has 2 aromatic rings. The summed E-state index contributed by atoms with van der Waals surface area (Å²) in [6, 6.07) is 1.88. The van der Waals surface area contributed by atoms with Crippen LogP contribution in [0.3, 0.4) is 0 Å². The van der Waals surface area contributed by atoms with E-state index in [4.69, 9.17) is 10.9 Å². The molecule has 0 aliphatic carbocycles. The van der Waals surface area contributed by atoms with Crippen molar-refractivity contribution in [2.45, 2.75) is 0 Å². The zero-order valence-corrected chi connectivity index (χ0v) is 10.4. The number of carbonyl (C=O) groups excluding carboxylic acids is 1. The summed E-state index contributed by atoms with van der Waals surface area (Å²) in [7, 11) is 0. The van der Waals surface area contributed by atoms with Crippen LogP contribution in [-0.2, 0) is 0 Å². The fourth-order valence-corrected chi connectivity index (χ4v) is 1.49. The molecule has 0 fully saturated rings. The number of amides is 2.